The van der Waals surface area contributed by atoms with E-state index >= 15 is 0 Å². The first-order valence-corrected chi connectivity index (χ1v) is 35.3. The van der Waals surface area contributed by atoms with Gasteiger partial charge in [-0.2, -0.15) is 0 Å². The minimum absolute atomic E-state index is 0.0710. The molecule has 0 spiro atoms. The van der Waals surface area contributed by atoms with Crippen LogP contribution in [0.15, 0.2) is 24.3 Å². The van der Waals surface area contributed by atoms with Gasteiger partial charge in [-0.25, -0.2) is 0 Å². The summed E-state index contributed by atoms with van der Waals surface area (Å²) in [6.07, 6.45) is 82.4. The molecule has 1 unspecified atom stereocenters. The predicted octanol–water partition coefficient (Wildman–Crippen LogP) is 24.2. The molecule has 0 aliphatic heterocycles. The van der Waals surface area contributed by atoms with E-state index in [1.54, 1.807) is 0 Å². The molecule has 0 rings (SSSR count). The van der Waals surface area contributed by atoms with Crippen LogP contribution < -0.4 is 0 Å². The summed E-state index contributed by atoms with van der Waals surface area (Å²) in [7, 11) is 0. The van der Waals surface area contributed by atoms with Crippen LogP contribution >= 0.6 is 0 Å². The van der Waals surface area contributed by atoms with Crippen molar-refractivity contribution in [2.45, 2.75) is 406 Å². The lowest BCUT2D eigenvalue weighted by molar-refractivity contribution is -0.167. The fraction of sp³-hybridized carbons (Fsp3) is 0.903. The van der Waals surface area contributed by atoms with Crippen LogP contribution in [0.3, 0.4) is 0 Å². The highest BCUT2D eigenvalue weighted by atomic mass is 16.6. The average Bonchev–Trinajstić information content (AvgIpc) is 3.44. The van der Waals surface area contributed by atoms with Crippen molar-refractivity contribution in [3.05, 3.63) is 24.3 Å². The Hall–Kier alpha value is -2.11. The lowest BCUT2D eigenvalue weighted by Gasteiger charge is -2.18. The quantitative estimate of drug-likeness (QED) is 0.0261. The number of rotatable bonds is 66. The molecule has 0 aromatic carbocycles. The predicted molar refractivity (Wildman–Crippen MR) is 340 cm³/mol. The summed E-state index contributed by atoms with van der Waals surface area (Å²) < 4.78 is 16.9. The van der Waals surface area contributed by atoms with Gasteiger partial charge >= 0.3 is 17.9 Å². The maximum absolute atomic E-state index is 12.9. The zero-order valence-electron chi connectivity index (χ0n) is 53.0. The summed E-state index contributed by atoms with van der Waals surface area (Å²) in [5.74, 6) is -0.861. The Morgan fingerprint density at radius 3 is 0.692 bits per heavy atom. The van der Waals surface area contributed by atoms with E-state index in [1.807, 2.05) is 0 Å². The summed E-state index contributed by atoms with van der Waals surface area (Å²) in [4.78, 5) is 38.2. The number of carbonyl (C=O) groups is 3. The minimum atomic E-state index is -0.774. The monoisotopic (exact) mass is 1100 g/mol. The smallest absolute Gasteiger partial charge is 0.306 e. The van der Waals surface area contributed by atoms with Crippen molar-refractivity contribution in [2.24, 2.45) is 0 Å². The average molecular weight is 1100 g/mol. The summed E-state index contributed by atoms with van der Waals surface area (Å²) in [5, 5.41) is 0. The van der Waals surface area contributed by atoms with Crippen LogP contribution in [0.1, 0.15) is 400 Å². The third-order valence-electron chi connectivity index (χ3n) is 16.2. The molecule has 0 radical (unpaired) electrons. The molecule has 0 saturated carbocycles. The molecule has 0 heterocycles. The van der Waals surface area contributed by atoms with Crippen LogP contribution in [0.2, 0.25) is 0 Å². The molecule has 6 heteroatoms. The van der Waals surface area contributed by atoms with Crippen molar-refractivity contribution in [1.29, 1.82) is 0 Å². The van der Waals surface area contributed by atoms with E-state index in [2.05, 4.69) is 45.1 Å². The number of esters is 3. The lowest BCUT2D eigenvalue weighted by atomic mass is 10.0. The zero-order chi connectivity index (χ0) is 56.4. The van der Waals surface area contributed by atoms with E-state index < -0.39 is 6.10 Å². The molecule has 0 aliphatic rings. The van der Waals surface area contributed by atoms with E-state index in [0.29, 0.717) is 19.3 Å². The Morgan fingerprint density at radius 2 is 0.449 bits per heavy atom. The molecule has 6 nitrogen and oxygen atoms in total. The van der Waals surface area contributed by atoms with Gasteiger partial charge in [0.2, 0.25) is 0 Å². The Bertz CT molecular complexity index is 1260. The molecule has 0 aliphatic carbocycles. The van der Waals surface area contributed by atoms with Crippen LogP contribution in [0, 0.1) is 0 Å². The van der Waals surface area contributed by atoms with Crippen molar-refractivity contribution >= 4 is 17.9 Å². The van der Waals surface area contributed by atoms with Crippen molar-refractivity contribution in [3.8, 4) is 0 Å². The van der Waals surface area contributed by atoms with Gasteiger partial charge in [-0.3, -0.25) is 14.4 Å². The number of allylic oxidation sites excluding steroid dienone is 4. The van der Waals surface area contributed by atoms with E-state index in [9.17, 15) is 14.4 Å². The summed E-state index contributed by atoms with van der Waals surface area (Å²) >= 11 is 0. The number of unbranched alkanes of at least 4 members (excludes halogenated alkanes) is 51. The van der Waals surface area contributed by atoms with Crippen LogP contribution in [-0.2, 0) is 28.6 Å². The summed E-state index contributed by atoms with van der Waals surface area (Å²) in [6, 6.07) is 0. The van der Waals surface area contributed by atoms with Crippen LogP contribution in [0.25, 0.3) is 0 Å². The van der Waals surface area contributed by atoms with Crippen LogP contribution in [0.5, 0.6) is 0 Å². The SMILES string of the molecule is CCC/C=C\CCCCCCCC(=O)OCC(COC(=O)CCCCCCCCCCCCCCCCCCCCCCCCCCCCCCCCCCC)OC(=O)CCCCCCCCC/C=C\CCCCCCCC. The summed E-state index contributed by atoms with van der Waals surface area (Å²) in [5.41, 5.74) is 0. The molecule has 1 atom stereocenters. The molecule has 460 valence electrons. The van der Waals surface area contributed by atoms with Gasteiger partial charge in [0.15, 0.2) is 6.10 Å². The third kappa shape index (κ3) is 64.7. The van der Waals surface area contributed by atoms with Gasteiger partial charge in [-0.1, -0.05) is 340 Å². The van der Waals surface area contributed by atoms with E-state index in [0.717, 1.165) is 70.6 Å². The summed E-state index contributed by atoms with van der Waals surface area (Å²) in [6.45, 7) is 6.63. The Labute approximate surface area is 487 Å². The van der Waals surface area contributed by atoms with Gasteiger partial charge in [-0.15, -0.1) is 0 Å². The highest BCUT2D eigenvalue weighted by molar-refractivity contribution is 5.71. The van der Waals surface area contributed by atoms with Gasteiger partial charge in [0.25, 0.3) is 0 Å². The van der Waals surface area contributed by atoms with Gasteiger partial charge < -0.3 is 14.2 Å². The van der Waals surface area contributed by atoms with Crippen LogP contribution in [0.4, 0.5) is 0 Å². The number of carbonyl (C=O) groups excluding carboxylic acids is 3. The molecule has 0 N–H and O–H groups in total. The van der Waals surface area contributed by atoms with Gasteiger partial charge in [0, 0.05) is 19.3 Å². The molecule has 0 amide bonds. The Kier molecular flexibility index (Phi) is 65.6. The number of hydrogen-bond acceptors (Lipinski definition) is 6. The van der Waals surface area contributed by atoms with Gasteiger partial charge in [0.05, 0.1) is 0 Å². The van der Waals surface area contributed by atoms with Gasteiger partial charge in [0.1, 0.15) is 13.2 Å². The second-order valence-electron chi connectivity index (χ2n) is 24.1. The highest BCUT2D eigenvalue weighted by Crippen LogP contribution is 2.19. The maximum Gasteiger partial charge on any atom is 0.306 e. The first-order chi connectivity index (χ1) is 38.5. The Balaban J connectivity index is 4.02. The Morgan fingerprint density at radius 1 is 0.244 bits per heavy atom. The fourth-order valence-corrected chi connectivity index (χ4v) is 10.9. The van der Waals surface area contributed by atoms with E-state index in [-0.39, 0.29) is 31.1 Å². The molecule has 0 aromatic rings. The maximum atomic E-state index is 12.9. The van der Waals surface area contributed by atoms with Crippen molar-refractivity contribution in [3.63, 3.8) is 0 Å². The van der Waals surface area contributed by atoms with Crippen LogP contribution in [-0.4, -0.2) is 37.2 Å². The van der Waals surface area contributed by atoms with Crippen molar-refractivity contribution < 1.29 is 28.6 Å². The number of hydrogen-bond donors (Lipinski definition) is 0. The van der Waals surface area contributed by atoms with Crippen molar-refractivity contribution in [1.82, 2.24) is 0 Å². The molecule has 0 saturated heterocycles. The topological polar surface area (TPSA) is 78.9 Å². The third-order valence-corrected chi connectivity index (χ3v) is 16.2. The molecule has 0 fully saturated rings. The zero-order valence-corrected chi connectivity index (χ0v) is 53.0. The molecular formula is C72H136O6. The molecule has 0 aromatic heterocycles. The molecule has 78 heavy (non-hydrogen) atoms. The molecular weight excluding hydrogens is 961 g/mol. The standard InChI is InChI=1S/C72H136O6/c1-4-7-10-13-16-19-22-24-26-28-29-30-31-32-33-34-35-36-37-38-39-40-41-42-43-45-46-48-50-53-56-59-62-65-71(74)77-68-69(67-76-70(73)64-61-58-55-52-21-18-15-12-9-6-3)78-72(75)66-63-60-57-54-51-49-47-44-27-25-23-20-17-14-11-8-5-2/h12,15,25,27,69H,4-11,13-14,16-24,26,28-68H2,1-3H3/b15-12-,27-25-. The largest absolute Gasteiger partial charge is 0.462 e. The normalized spacial score (nSPS) is 12.1. The highest BCUT2D eigenvalue weighted by Gasteiger charge is 2.19. The lowest BCUT2D eigenvalue weighted by Crippen LogP contribution is -2.30. The molecule has 0 bridgehead atoms. The fourth-order valence-electron chi connectivity index (χ4n) is 10.9. The second-order valence-corrected chi connectivity index (χ2v) is 24.1. The van der Waals surface area contributed by atoms with E-state index in [1.165, 1.54) is 289 Å². The van der Waals surface area contributed by atoms with E-state index in [4.69, 9.17) is 14.2 Å². The second kappa shape index (κ2) is 67.4. The minimum Gasteiger partial charge on any atom is -0.462 e. The first-order valence-electron chi connectivity index (χ1n) is 35.3. The van der Waals surface area contributed by atoms with Crippen molar-refractivity contribution in [2.75, 3.05) is 13.2 Å². The van der Waals surface area contributed by atoms with Gasteiger partial charge in [-0.05, 0) is 64.2 Å². The first kappa shape index (κ1) is 75.9. The number of ether oxygens (including phenoxy) is 3.